The normalized spacial score (nSPS) is 10.4. The van der Waals surface area contributed by atoms with Gasteiger partial charge >= 0.3 is 0 Å². The molecule has 1 radical (unpaired) electrons. The topological polar surface area (TPSA) is 105 Å². The number of hydrogen-bond acceptors (Lipinski definition) is 6. The van der Waals surface area contributed by atoms with E-state index in [0.29, 0.717) is 24.7 Å². The second-order valence-electron chi connectivity index (χ2n) is 5.04. The number of nitro benzene ring substituents is 2. The molecule has 0 saturated heterocycles. The van der Waals surface area contributed by atoms with Gasteiger partial charge in [0.15, 0.2) is 0 Å². The Morgan fingerprint density at radius 1 is 0.792 bits per heavy atom. The van der Waals surface area contributed by atoms with Gasteiger partial charge in [0, 0.05) is 30.2 Å². The molecule has 24 heavy (non-hydrogen) atoms. The van der Waals surface area contributed by atoms with Crippen LogP contribution in [0, 0.1) is 26.1 Å². The van der Waals surface area contributed by atoms with Crippen molar-refractivity contribution >= 4 is 11.4 Å². The van der Waals surface area contributed by atoms with E-state index < -0.39 is 9.85 Å². The highest BCUT2D eigenvalue weighted by molar-refractivity contribution is 5.37. The number of ether oxygens (including phenoxy) is 2. The molecule has 0 aliphatic heterocycles. The summed E-state index contributed by atoms with van der Waals surface area (Å²) in [6.45, 7) is 2.44. The lowest BCUT2D eigenvalue weighted by molar-refractivity contribution is -0.385. The minimum absolute atomic E-state index is 0.00422. The minimum atomic E-state index is -0.473. The molecule has 0 atom stereocenters. The Bertz CT molecular complexity index is 638. The van der Waals surface area contributed by atoms with E-state index in [4.69, 9.17) is 9.47 Å². The number of nitrogens with zero attached hydrogens (tertiary/aromatic N) is 2. The van der Waals surface area contributed by atoms with Crippen LogP contribution in [0.1, 0.15) is 6.92 Å². The lowest BCUT2D eigenvalue weighted by Crippen LogP contribution is -2.14. The molecule has 0 bridgehead atoms. The summed E-state index contributed by atoms with van der Waals surface area (Å²) in [7, 11) is 0. The summed E-state index contributed by atoms with van der Waals surface area (Å²) in [6, 6.07) is 11.6. The zero-order valence-electron chi connectivity index (χ0n) is 12.9. The van der Waals surface area contributed by atoms with E-state index >= 15 is 0 Å². The van der Waals surface area contributed by atoms with Crippen molar-refractivity contribution in [2.75, 3.05) is 13.2 Å². The highest BCUT2D eigenvalue weighted by Crippen LogP contribution is 2.20. The monoisotopic (exact) mass is 331 g/mol. The predicted molar refractivity (Wildman–Crippen MR) is 86.1 cm³/mol. The molecule has 0 spiro atoms. The standard InChI is InChI=1S/C16H15N2O6/c1-12(10-23-15-6-2-13(3-7-15)17(19)20)11-24-16-8-4-14(5-9-16)18(21)22/h2-9H,10-11H2,1H3. The van der Waals surface area contributed by atoms with Gasteiger partial charge in [-0.15, -0.1) is 0 Å². The van der Waals surface area contributed by atoms with Gasteiger partial charge in [-0.3, -0.25) is 20.2 Å². The third kappa shape index (κ3) is 4.94. The summed E-state index contributed by atoms with van der Waals surface area (Å²) in [4.78, 5) is 20.2. The number of hydrogen-bond donors (Lipinski definition) is 0. The molecule has 0 aliphatic carbocycles. The van der Waals surface area contributed by atoms with Crippen LogP contribution >= 0.6 is 0 Å². The Balaban J connectivity index is 1.77. The first-order valence-corrected chi connectivity index (χ1v) is 7.01. The van der Waals surface area contributed by atoms with Crippen LogP contribution in [0.15, 0.2) is 48.5 Å². The third-order valence-electron chi connectivity index (χ3n) is 3.07. The quantitative estimate of drug-likeness (QED) is 0.541. The first kappa shape index (κ1) is 17.2. The van der Waals surface area contributed by atoms with Crippen LogP contribution in [0.2, 0.25) is 0 Å². The van der Waals surface area contributed by atoms with Crippen molar-refractivity contribution < 1.29 is 19.3 Å². The van der Waals surface area contributed by atoms with Crippen molar-refractivity contribution in [2.24, 2.45) is 0 Å². The smallest absolute Gasteiger partial charge is 0.269 e. The summed E-state index contributed by atoms with van der Waals surface area (Å²) < 4.78 is 11.0. The molecule has 0 fully saturated rings. The fourth-order valence-corrected chi connectivity index (χ4v) is 1.78. The Labute approximate surface area is 137 Å². The predicted octanol–water partition coefficient (Wildman–Crippen LogP) is 3.56. The third-order valence-corrected chi connectivity index (χ3v) is 3.07. The molecule has 2 rings (SSSR count). The number of non-ortho nitro benzene ring substituents is 2. The Morgan fingerprint density at radius 3 is 1.42 bits per heavy atom. The van der Waals surface area contributed by atoms with Crippen LogP contribution < -0.4 is 9.47 Å². The van der Waals surface area contributed by atoms with Crippen molar-refractivity contribution in [3.8, 4) is 11.5 Å². The van der Waals surface area contributed by atoms with Crippen molar-refractivity contribution in [1.29, 1.82) is 0 Å². The number of nitro groups is 2. The molecule has 8 heteroatoms. The van der Waals surface area contributed by atoms with Crippen LogP contribution in [0.5, 0.6) is 11.5 Å². The summed E-state index contributed by atoms with van der Waals surface area (Å²) in [5.74, 6) is 1.94. The Kier molecular flexibility index (Phi) is 5.67. The average Bonchev–Trinajstić information content (AvgIpc) is 2.58. The number of benzene rings is 2. The van der Waals surface area contributed by atoms with Crippen LogP contribution in [0.4, 0.5) is 11.4 Å². The van der Waals surface area contributed by atoms with E-state index in [1.807, 2.05) is 6.92 Å². The maximum absolute atomic E-state index is 10.6. The van der Waals surface area contributed by atoms with Gasteiger partial charge in [0.25, 0.3) is 11.4 Å². The van der Waals surface area contributed by atoms with Gasteiger partial charge in [-0.2, -0.15) is 0 Å². The Hall–Kier alpha value is -3.16. The zero-order valence-corrected chi connectivity index (χ0v) is 12.9. The first-order valence-electron chi connectivity index (χ1n) is 7.01. The van der Waals surface area contributed by atoms with E-state index in [-0.39, 0.29) is 11.4 Å². The second kappa shape index (κ2) is 7.91. The SMILES string of the molecule is C[C](COc1ccc([N+](=O)[O-])cc1)COc1ccc([N+](=O)[O-])cc1. The van der Waals surface area contributed by atoms with Gasteiger partial charge in [0.2, 0.25) is 0 Å². The summed E-state index contributed by atoms with van der Waals surface area (Å²) in [5.41, 5.74) is 0.00844. The largest absolute Gasteiger partial charge is 0.493 e. The lowest BCUT2D eigenvalue weighted by atomic mass is 10.2. The van der Waals surface area contributed by atoms with Gasteiger partial charge in [-0.25, -0.2) is 0 Å². The molecule has 0 heterocycles. The zero-order chi connectivity index (χ0) is 17.5. The molecule has 0 saturated carbocycles. The average molecular weight is 331 g/mol. The molecular formula is C16H15N2O6. The molecule has 2 aromatic carbocycles. The van der Waals surface area contributed by atoms with Crippen LogP contribution in [0.25, 0.3) is 0 Å². The van der Waals surface area contributed by atoms with Crippen LogP contribution in [0.3, 0.4) is 0 Å². The first-order chi connectivity index (χ1) is 11.5. The summed E-state index contributed by atoms with van der Waals surface area (Å²) >= 11 is 0. The van der Waals surface area contributed by atoms with Crippen molar-refractivity contribution in [3.63, 3.8) is 0 Å². The van der Waals surface area contributed by atoms with Crippen LogP contribution in [-0.2, 0) is 0 Å². The van der Waals surface area contributed by atoms with E-state index in [1.54, 1.807) is 0 Å². The van der Waals surface area contributed by atoms with Crippen molar-refractivity contribution in [3.05, 3.63) is 74.7 Å². The summed E-state index contributed by atoms with van der Waals surface area (Å²) in [6.07, 6.45) is 0. The summed E-state index contributed by atoms with van der Waals surface area (Å²) in [5, 5.41) is 21.1. The van der Waals surface area contributed by atoms with Gasteiger partial charge in [-0.1, -0.05) is 6.92 Å². The van der Waals surface area contributed by atoms with Gasteiger partial charge in [0.1, 0.15) is 11.5 Å². The fourth-order valence-electron chi connectivity index (χ4n) is 1.78. The highest BCUT2D eigenvalue weighted by Gasteiger charge is 2.09. The van der Waals surface area contributed by atoms with E-state index in [1.165, 1.54) is 48.5 Å². The molecular weight excluding hydrogens is 316 g/mol. The molecule has 0 amide bonds. The Morgan fingerprint density at radius 2 is 1.12 bits per heavy atom. The number of rotatable bonds is 8. The lowest BCUT2D eigenvalue weighted by Gasteiger charge is -2.13. The van der Waals surface area contributed by atoms with E-state index in [9.17, 15) is 20.2 Å². The molecule has 0 aliphatic rings. The van der Waals surface area contributed by atoms with Gasteiger partial charge in [-0.05, 0) is 24.3 Å². The molecule has 8 nitrogen and oxygen atoms in total. The molecule has 125 valence electrons. The van der Waals surface area contributed by atoms with Crippen molar-refractivity contribution in [1.82, 2.24) is 0 Å². The fraction of sp³-hybridized carbons (Fsp3) is 0.188. The van der Waals surface area contributed by atoms with Gasteiger partial charge < -0.3 is 9.47 Å². The highest BCUT2D eigenvalue weighted by atomic mass is 16.6. The second-order valence-corrected chi connectivity index (χ2v) is 5.04. The van der Waals surface area contributed by atoms with Crippen molar-refractivity contribution in [2.45, 2.75) is 6.92 Å². The molecule has 0 N–H and O–H groups in total. The molecule has 2 aromatic rings. The minimum Gasteiger partial charge on any atom is -0.493 e. The van der Waals surface area contributed by atoms with Gasteiger partial charge in [0.05, 0.1) is 23.1 Å². The van der Waals surface area contributed by atoms with Crippen LogP contribution in [-0.4, -0.2) is 23.1 Å². The maximum Gasteiger partial charge on any atom is 0.269 e. The maximum atomic E-state index is 10.6. The van der Waals surface area contributed by atoms with E-state index in [2.05, 4.69) is 0 Å². The molecule has 0 unspecified atom stereocenters. The molecule has 0 aromatic heterocycles. The van der Waals surface area contributed by atoms with E-state index in [0.717, 1.165) is 5.92 Å².